The van der Waals surface area contributed by atoms with Crippen molar-refractivity contribution in [3.05, 3.63) is 35.9 Å². The van der Waals surface area contributed by atoms with Gasteiger partial charge in [0, 0.05) is 0 Å². The largest absolute Gasteiger partial charge is 0.465 e. The molecule has 0 fully saturated rings. The topological polar surface area (TPSA) is 50.1 Å². The van der Waals surface area contributed by atoms with Crippen LogP contribution in [-0.2, 0) is 16.0 Å². The quantitative estimate of drug-likeness (QED) is 0.711. The third-order valence-corrected chi connectivity index (χ3v) is 2.29. The predicted molar refractivity (Wildman–Crippen MR) is 60.5 cm³/mol. The molecule has 0 spiro atoms. The van der Waals surface area contributed by atoms with Crippen molar-refractivity contribution in [2.45, 2.75) is 19.8 Å². The summed E-state index contributed by atoms with van der Waals surface area (Å²) in [6.07, 6.45) is 1.23. The molecule has 0 amide bonds. The van der Waals surface area contributed by atoms with E-state index in [0.717, 1.165) is 12.0 Å². The van der Waals surface area contributed by atoms with Crippen LogP contribution >= 0.6 is 0 Å². The van der Waals surface area contributed by atoms with Gasteiger partial charge in [0.25, 0.3) is 0 Å². The van der Waals surface area contributed by atoms with E-state index in [-0.39, 0.29) is 0 Å². The number of nitriles is 1. The maximum atomic E-state index is 11.4. The molecule has 0 radical (unpaired) electrons. The van der Waals surface area contributed by atoms with Crippen molar-refractivity contribution >= 4 is 5.97 Å². The number of rotatable bonds is 5. The second kappa shape index (κ2) is 6.62. The minimum atomic E-state index is -0.653. The number of hydrogen-bond acceptors (Lipinski definition) is 3. The summed E-state index contributed by atoms with van der Waals surface area (Å²) < 4.78 is 4.82. The van der Waals surface area contributed by atoms with Gasteiger partial charge in [0.05, 0.1) is 12.7 Å². The molecule has 16 heavy (non-hydrogen) atoms. The van der Waals surface area contributed by atoms with Gasteiger partial charge in [0.2, 0.25) is 0 Å². The fourth-order valence-corrected chi connectivity index (χ4v) is 1.43. The molecule has 3 heteroatoms. The Bertz CT molecular complexity index is 367. The van der Waals surface area contributed by atoms with E-state index in [0.29, 0.717) is 13.0 Å². The lowest BCUT2D eigenvalue weighted by atomic mass is 10.0. The number of hydrogen-bond donors (Lipinski definition) is 0. The summed E-state index contributed by atoms with van der Waals surface area (Å²) in [6.45, 7) is 2.06. The first-order chi connectivity index (χ1) is 7.77. The molecule has 3 nitrogen and oxygen atoms in total. The second-order valence-electron chi connectivity index (χ2n) is 3.46. The highest BCUT2D eigenvalue weighted by Crippen LogP contribution is 2.10. The van der Waals surface area contributed by atoms with Crippen molar-refractivity contribution in [2.24, 2.45) is 5.92 Å². The van der Waals surface area contributed by atoms with Crippen molar-refractivity contribution in [1.29, 1.82) is 5.26 Å². The second-order valence-corrected chi connectivity index (χ2v) is 3.46. The van der Waals surface area contributed by atoms with Gasteiger partial charge >= 0.3 is 5.97 Å². The van der Waals surface area contributed by atoms with Gasteiger partial charge in [-0.25, -0.2) is 0 Å². The highest BCUT2D eigenvalue weighted by atomic mass is 16.5. The zero-order valence-corrected chi connectivity index (χ0v) is 9.35. The summed E-state index contributed by atoms with van der Waals surface area (Å²) in [6, 6.07) is 11.8. The number of nitrogens with zero attached hydrogens (tertiary/aromatic N) is 1. The molecule has 1 aromatic rings. The average Bonchev–Trinajstić information content (AvgIpc) is 2.31. The van der Waals surface area contributed by atoms with E-state index in [9.17, 15) is 4.79 Å². The van der Waals surface area contributed by atoms with Crippen molar-refractivity contribution in [3.63, 3.8) is 0 Å². The van der Waals surface area contributed by atoms with Crippen molar-refractivity contribution in [3.8, 4) is 6.07 Å². The summed E-state index contributed by atoms with van der Waals surface area (Å²) in [5, 5.41) is 8.85. The van der Waals surface area contributed by atoms with Crippen LogP contribution in [-0.4, -0.2) is 12.6 Å². The lowest BCUT2D eigenvalue weighted by Crippen LogP contribution is -2.16. The molecule has 0 N–H and O–H groups in total. The molecule has 0 aliphatic heterocycles. The Morgan fingerprint density at radius 3 is 2.69 bits per heavy atom. The van der Waals surface area contributed by atoms with Crippen LogP contribution in [0.4, 0.5) is 0 Å². The highest BCUT2D eigenvalue weighted by molar-refractivity contribution is 5.75. The number of benzene rings is 1. The number of carbonyl (C=O) groups is 1. The molecule has 0 aromatic heterocycles. The summed E-state index contributed by atoms with van der Waals surface area (Å²) >= 11 is 0. The van der Waals surface area contributed by atoms with Gasteiger partial charge in [-0.1, -0.05) is 30.3 Å². The molecule has 0 aliphatic rings. The fraction of sp³-hybridized carbons (Fsp3) is 0.385. The Morgan fingerprint density at radius 1 is 1.44 bits per heavy atom. The van der Waals surface area contributed by atoms with Crippen LogP contribution in [0, 0.1) is 17.2 Å². The summed E-state index contributed by atoms with van der Waals surface area (Å²) in [5.41, 5.74) is 1.13. The molecule has 1 aromatic carbocycles. The number of ether oxygens (including phenoxy) is 1. The minimum Gasteiger partial charge on any atom is -0.465 e. The van der Waals surface area contributed by atoms with Crippen LogP contribution < -0.4 is 0 Å². The van der Waals surface area contributed by atoms with Crippen molar-refractivity contribution in [1.82, 2.24) is 0 Å². The Balaban J connectivity index is 2.47. The van der Waals surface area contributed by atoms with Gasteiger partial charge < -0.3 is 4.74 Å². The molecular formula is C13H15NO2. The number of esters is 1. The smallest absolute Gasteiger partial charge is 0.323 e. The lowest BCUT2D eigenvalue weighted by Gasteiger charge is -2.07. The summed E-state index contributed by atoms with van der Waals surface area (Å²) in [5.74, 6) is -1.07. The Hall–Kier alpha value is -1.82. The van der Waals surface area contributed by atoms with Crippen LogP contribution in [0.15, 0.2) is 30.3 Å². The molecule has 84 valence electrons. The first-order valence-corrected chi connectivity index (χ1v) is 5.38. The lowest BCUT2D eigenvalue weighted by molar-refractivity contribution is -0.146. The van der Waals surface area contributed by atoms with Crippen molar-refractivity contribution in [2.75, 3.05) is 6.61 Å². The standard InChI is InChI=1S/C13H15NO2/c1-2-16-13(15)12(10-14)9-8-11-6-4-3-5-7-11/h3-7,12H,2,8-9H2,1H3/t12-/m0/s1. The van der Waals surface area contributed by atoms with Gasteiger partial charge in [0.15, 0.2) is 0 Å². The van der Waals surface area contributed by atoms with E-state index in [1.807, 2.05) is 36.4 Å². The molecule has 1 rings (SSSR count). The monoisotopic (exact) mass is 217 g/mol. The molecular weight excluding hydrogens is 202 g/mol. The molecule has 0 saturated heterocycles. The molecule has 0 bridgehead atoms. The van der Waals surface area contributed by atoms with Gasteiger partial charge in [0.1, 0.15) is 5.92 Å². The normalized spacial score (nSPS) is 11.5. The Labute approximate surface area is 95.7 Å². The van der Waals surface area contributed by atoms with Gasteiger partial charge in [-0.2, -0.15) is 5.26 Å². The number of aryl methyl sites for hydroxylation is 1. The van der Waals surface area contributed by atoms with E-state index in [1.54, 1.807) is 6.92 Å². The maximum absolute atomic E-state index is 11.4. The summed E-state index contributed by atoms with van der Waals surface area (Å²) in [4.78, 5) is 11.4. The van der Waals surface area contributed by atoms with Crippen LogP contribution in [0.1, 0.15) is 18.9 Å². The van der Waals surface area contributed by atoms with E-state index < -0.39 is 11.9 Å². The highest BCUT2D eigenvalue weighted by Gasteiger charge is 2.18. The Kier molecular flexibility index (Phi) is 5.07. The molecule has 1 atom stereocenters. The van der Waals surface area contributed by atoms with E-state index in [2.05, 4.69) is 0 Å². The van der Waals surface area contributed by atoms with Gasteiger partial charge in [-0.15, -0.1) is 0 Å². The van der Waals surface area contributed by atoms with E-state index >= 15 is 0 Å². The third kappa shape index (κ3) is 3.74. The SMILES string of the molecule is CCOC(=O)[C@H](C#N)CCc1ccccc1. The van der Waals surface area contributed by atoms with Crippen LogP contribution in [0.2, 0.25) is 0 Å². The van der Waals surface area contributed by atoms with Crippen molar-refractivity contribution < 1.29 is 9.53 Å². The van der Waals surface area contributed by atoms with Crippen LogP contribution in [0.3, 0.4) is 0 Å². The molecule has 0 heterocycles. The Morgan fingerprint density at radius 2 is 2.12 bits per heavy atom. The molecule has 0 unspecified atom stereocenters. The average molecular weight is 217 g/mol. The van der Waals surface area contributed by atoms with Crippen LogP contribution in [0.5, 0.6) is 0 Å². The molecule has 0 aliphatic carbocycles. The predicted octanol–water partition coefficient (Wildman–Crippen LogP) is 2.32. The van der Waals surface area contributed by atoms with Gasteiger partial charge in [-0.3, -0.25) is 4.79 Å². The zero-order valence-electron chi connectivity index (χ0n) is 9.35. The zero-order chi connectivity index (χ0) is 11.8. The maximum Gasteiger partial charge on any atom is 0.323 e. The first kappa shape index (κ1) is 12.3. The molecule has 0 saturated carbocycles. The van der Waals surface area contributed by atoms with E-state index in [1.165, 1.54) is 0 Å². The number of carbonyl (C=O) groups excluding carboxylic acids is 1. The third-order valence-electron chi connectivity index (χ3n) is 2.29. The van der Waals surface area contributed by atoms with Crippen LogP contribution in [0.25, 0.3) is 0 Å². The van der Waals surface area contributed by atoms with Gasteiger partial charge in [-0.05, 0) is 25.3 Å². The van der Waals surface area contributed by atoms with E-state index in [4.69, 9.17) is 10.00 Å². The summed E-state index contributed by atoms with van der Waals surface area (Å²) in [7, 11) is 0. The minimum absolute atomic E-state index is 0.322. The fourth-order valence-electron chi connectivity index (χ4n) is 1.43. The first-order valence-electron chi connectivity index (χ1n) is 5.38.